The van der Waals surface area contributed by atoms with Crippen molar-refractivity contribution in [2.45, 2.75) is 45.9 Å². The molecule has 7 rings (SSSR count). The Morgan fingerprint density at radius 2 is 1.95 bits per heavy atom. The Hall–Kier alpha value is -2.88. The molecular formula is C27H30Cl2N6O3. The summed E-state index contributed by atoms with van der Waals surface area (Å²) in [4.78, 5) is 34.3. The van der Waals surface area contributed by atoms with Gasteiger partial charge in [-0.05, 0) is 43.0 Å². The third-order valence-corrected chi connectivity index (χ3v) is 8.75. The Balaban J connectivity index is 0.00000264. The van der Waals surface area contributed by atoms with Crippen molar-refractivity contribution in [2.24, 2.45) is 17.3 Å². The van der Waals surface area contributed by atoms with E-state index in [1.54, 1.807) is 4.52 Å². The molecule has 3 unspecified atom stereocenters. The Labute approximate surface area is 231 Å². The minimum Gasteiger partial charge on any atom is -0.487 e. The van der Waals surface area contributed by atoms with E-state index in [1.807, 2.05) is 38.2 Å². The Morgan fingerprint density at radius 3 is 2.66 bits per heavy atom. The van der Waals surface area contributed by atoms with Gasteiger partial charge in [-0.25, -0.2) is 9.50 Å². The number of nitrogens with one attached hydrogen (secondary N) is 1. The maximum Gasteiger partial charge on any atom is 0.233 e. The molecule has 1 aliphatic carbocycles. The van der Waals surface area contributed by atoms with Gasteiger partial charge in [-0.1, -0.05) is 25.4 Å². The van der Waals surface area contributed by atoms with E-state index >= 15 is 0 Å². The van der Waals surface area contributed by atoms with Gasteiger partial charge in [0.25, 0.3) is 0 Å². The summed E-state index contributed by atoms with van der Waals surface area (Å²) in [5.41, 5.74) is 4.01. The van der Waals surface area contributed by atoms with E-state index < -0.39 is 0 Å². The summed E-state index contributed by atoms with van der Waals surface area (Å²) in [7, 11) is 0. The highest BCUT2D eigenvalue weighted by molar-refractivity contribution is 6.31. The van der Waals surface area contributed by atoms with E-state index in [0.29, 0.717) is 11.1 Å². The zero-order valence-electron chi connectivity index (χ0n) is 21.5. The van der Waals surface area contributed by atoms with Gasteiger partial charge in [0.05, 0.1) is 36.1 Å². The van der Waals surface area contributed by atoms with Gasteiger partial charge in [-0.3, -0.25) is 14.5 Å². The number of amides is 2. The second-order valence-electron chi connectivity index (χ2n) is 11.4. The third kappa shape index (κ3) is 3.70. The minimum atomic E-state index is -0.221. The standard InChI is InChI=1S/C27H29ClN6O3.ClH/c1-14-10-32(17-4-5-29-9-17)24-18(7-16(28)8-20(24)37-14)23-19-6-15(12-34(19)31-13-30-23)11-33-25(35)21-22(26(33)36)27(21,2)3;/h6-8,12-14,17,21-22,29H,4-5,9-11H2,1-3H3;1H/t14-,17?,21?,22?;/m0./s1. The number of piperidine rings is 1. The fourth-order valence-corrected chi connectivity index (χ4v) is 6.83. The van der Waals surface area contributed by atoms with Crippen LogP contribution in [0.15, 0.2) is 30.7 Å². The van der Waals surface area contributed by atoms with Crippen molar-refractivity contribution in [3.05, 3.63) is 41.3 Å². The molecule has 11 heteroatoms. The van der Waals surface area contributed by atoms with Crippen LogP contribution in [0.4, 0.5) is 5.69 Å². The highest BCUT2D eigenvalue weighted by Gasteiger charge is 2.72. The topological polar surface area (TPSA) is 92.1 Å². The van der Waals surface area contributed by atoms with Crippen molar-refractivity contribution >= 4 is 47.0 Å². The number of anilines is 1. The predicted octanol–water partition coefficient (Wildman–Crippen LogP) is 3.56. The number of hydrogen-bond acceptors (Lipinski definition) is 7. The second-order valence-corrected chi connectivity index (χ2v) is 11.8. The minimum absolute atomic E-state index is 0. The Kier molecular flexibility index (Phi) is 5.90. The highest BCUT2D eigenvalue weighted by Crippen LogP contribution is 2.63. The number of likely N-dealkylation sites (tertiary alicyclic amines) is 1. The van der Waals surface area contributed by atoms with Gasteiger partial charge in [0.2, 0.25) is 11.8 Å². The van der Waals surface area contributed by atoms with Crippen LogP contribution in [0.5, 0.6) is 5.75 Å². The molecule has 3 aliphatic heterocycles. The number of carbonyl (C=O) groups excluding carboxylic acids is 2. The van der Waals surface area contributed by atoms with Crippen molar-refractivity contribution in [3.63, 3.8) is 0 Å². The molecule has 1 aromatic carbocycles. The molecule has 3 aromatic rings. The van der Waals surface area contributed by atoms with Gasteiger partial charge in [0, 0.05) is 35.4 Å². The summed E-state index contributed by atoms with van der Waals surface area (Å²) in [6, 6.07) is 6.14. The van der Waals surface area contributed by atoms with E-state index in [2.05, 4.69) is 27.2 Å². The molecule has 4 aliphatic rings. The van der Waals surface area contributed by atoms with E-state index in [1.165, 1.54) is 11.2 Å². The molecule has 4 atom stereocenters. The summed E-state index contributed by atoms with van der Waals surface area (Å²) >= 11 is 6.59. The van der Waals surface area contributed by atoms with Crippen molar-refractivity contribution in [1.29, 1.82) is 0 Å². The predicted molar refractivity (Wildman–Crippen MR) is 146 cm³/mol. The summed E-state index contributed by atoms with van der Waals surface area (Å²) in [5, 5.41) is 8.47. The van der Waals surface area contributed by atoms with Crippen molar-refractivity contribution < 1.29 is 14.3 Å². The Bertz CT molecular complexity index is 1440. The first kappa shape index (κ1) is 25.4. The van der Waals surface area contributed by atoms with Crippen LogP contribution in [-0.4, -0.2) is 63.1 Å². The molecule has 2 saturated heterocycles. The van der Waals surface area contributed by atoms with E-state index in [9.17, 15) is 9.59 Å². The largest absolute Gasteiger partial charge is 0.487 e. The zero-order valence-corrected chi connectivity index (χ0v) is 23.1. The molecule has 0 bridgehead atoms. The van der Waals surface area contributed by atoms with Gasteiger partial charge >= 0.3 is 0 Å². The quantitative estimate of drug-likeness (QED) is 0.491. The molecule has 38 heavy (non-hydrogen) atoms. The summed E-state index contributed by atoms with van der Waals surface area (Å²) in [6.45, 7) is 8.97. The van der Waals surface area contributed by atoms with E-state index in [4.69, 9.17) is 16.3 Å². The number of rotatable bonds is 4. The fraction of sp³-hybridized carbons (Fsp3) is 0.481. The molecule has 2 amide bonds. The smallest absolute Gasteiger partial charge is 0.233 e. The molecule has 9 nitrogen and oxygen atoms in total. The molecule has 2 aromatic heterocycles. The average Bonchev–Trinajstić information content (AvgIpc) is 3.32. The average molecular weight is 557 g/mol. The van der Waals surface area contributed by atoms with Gasteiger partial charge in [-0.15, -0.1) is 12.4 Å². The normalized spacial score (nSPS) is 27.3. The van der Waals surface area contributed by atoms with Crippen LogP contribution >= 0.6 is 24.0 Å². The molecular weight excluding hydrogens is 527 g/mol. The fourth-order valence-electron chi connectivity index (χ4n) is 6.62. The first-order valence-electron chi connectivity index (χ1n) is 12.9. The maximum absolute atomic E-state index is 12.9. The number of fused-ring (bicyclic) bond motifs is 3. The number of hydrogen-bond donors (Lipinski definition) is 1. The molecule has 0 radical (unpaired) electrons. The van der Waals surface area contributed by atoms with E-state index in [0.717, 1.165) is 59.8 Å². The first-order valence-corrected chi connectivity index (χ1v) is 13.3. The molecule has 1 saturated carbocycles. The molecule has 0 spiro atoms. The molecule has 200 valence electrons. The lowest BCUT2D eigenvalue weighted by molar-refractivity contribution is -0.143. The summed E-state index contributed by atoms with van der Waals surface area (Å²) < 4.78 is 8.01. The molecule has 5 heterocycles. The number of halogens is 2. The highest BCUT2D eigenvalue weighted by atomic mass is 35.5. The van der Waals surface area contributed by atoms with Crippen LogP contribution in [-0.2, 0) is 16.1 Å². The van der Waals surface area contributed by atoms with Crippen LogP contribution in [0.1, 0.15) is 32.8 Å². The van der Waals surface area contributed by atoms with Gasteiger partial charge < -0.3 is 15.0 Å². The molecule has 3 fully saturated rings. The van der Waals surface area contributed by atoms with Crippen LogP contribution in [0.25, 0.3) is 16.8 Å². The van der Waals surface area contributed by atoms with Gasteiger partial charge in [0.15, 0.2) is 0 Å². The van der Waals surface area contributed by atoms with Crippen LogP contribution in [0.2, 0.25) is 5.02 Å². The first-order chi connectivity index (χ1) is 17.7. The van der Waals surface area contributed by atoms with Crippen molar-refractivity contribution in [2.75, 3.05) is 24.5 Å². The van der Waals surface area contributed by atoms with Crippen LogP contribution in [0.3, 0.4) is 0 Å². The number of nitrogens with zero attached hydrogens (tertiary/aromatic N) is 5. The number of benzene rings is 1. The number of aromatic nitrogens is 3. The third-order valence-electron chi connectivity index (χ3n) is 8.53. The summed E-state index contributed by atoms with van der Waals surface area (Å²) in [5.74, 6) is 0.231. The van der Waals surface area contributed by atoms with Crippen molar-refractivity contribution in [3.8, 4) is 17.0 Å². The second kappa shape index (κ2) is 8.83. The van der Waals surface area contributed by atoms with Crippen LogP contribution < -0.4 is 15.0 Å². The summed E-state index contributed by atoms with van der Waals surface area (Å²) in [6.07, 6.45) is 4.48. The number of imide groups is 1. The maximum atomic E-state index is 12.9. The van der Waals surface area contributed by atoms with Crippen LogP contribution in [0, 0.1) is 17.3 Å². The zero-order chi connectivity index (χ0) is 25.6. The van der Waals surface area contributed by atoms with Gasteiger partial charge in [-0.2, -0.15) is 5.10 Å². The monoisotopic (exact) mass is 556 g/mol. The number of ether oxygens (including phenoxy) is 1. The van der Waals surface area contributed by atoms with Crippen molar-refractivity contribution in [1.82, 2.24) is 24.8 Å². The lowest BCUT2D eigenvalue weighted by Gasteiger charge is -2.40. The lowest BCUT2D eigenvalue weighted by atomic mass is 10.0. The SMILES string of the molecule is C[C@H]1CN(C2CCNC2)c2c(cc(Cl)cc2-c2ncnn3cc(CN4C(=O)C5C(C4=O)C5(C)C)cc23)O1.Cl. The lowest BCUT2D eigenvalue weighted by Crippen LogP contribution is -2.46. The van der Waals surface area contributed by atoms with Gasteiger partial charge in [0.1, 0.15) is 23.9 Å². The number of carbonyl (C=O) groups is 2. The Morgan fingerprint density at radius 1 is 1.18 bits per heavy atom. The molecule has 1 N–H and O–H groups in total. The van der Waals surface area contributed by atoms with E-state index in [-0.39, 0.29) is 54.1 Å².